The van der Waals surface area contributed by atoms with Crippen LogP contribution in [-0.4, -0.2) is 92.5 Å². The molecule has 4 unspecified atom stereocenters. The van der Waals surface area contributed by atoms with Crippen molar-refractivity contribution in [2.75, 3.05) is 6.54 Å². The molecule has 190 valence electrons. The van der Waals surface area contributed by atoms with Crippen molar-refractivity contribution in [3.63, 3.8) is 0 Å². The summed E-state index contributed by atoms with van der Waals surface area (Å²) >= 11 is 0. The summed E-state index contributed by atoms with van der Waals surface area (Å²) < 4.78 is 0. The Bertz CT molecular complexity index is 832. The molecule has 9 N–H and O–H groups in total. The highest BCUT2D eigenvalue weighted by atomic mass is 16.4. The lowest BCUT2D eigenvalue weighted by atomic mass is 10.1. The van der Waals surface area contributed by atoms with Crippen LogP contribution in [-0.2, 0) is 33.6 Å². The van der Waals surface area contributed by atoms with Gasteiger partial charge in [-0.1, -0.05) is 0 Å². The quantitative estimate of drug-likeness (QED) is 0.129. The smallest absolute Gasteiger partial charge is 0.326 e. The summed E-state index contributed by atoms with van der Waals surface area (Å²) in [4.78, 5) is 83.5. The lowest BCUT2D eigenvalue weighted by molar-refractivity contribution is -0.149. The third-order valence-electron chi connectivity index (χ3n) is 5.13. The summed E-state index contributed by atoms with van der Waals surface area (Å²) in [5.74, 6) is -7.51. The topological polar surface area (TPSA) is 260 Å². The van der Waals surface area contributed by atoms with Crippen molar-refractivity contribution in [3.8, 4) is 0 Å². The van der Waals surface area contributed by atoms with Crippen molar-refractivity contribution >= 4 is 41.5 Å². The lowest BCUT2D eigenvalue weighted by Gasteiger charge is -2.28. The van der Waals surface area contributed by atoms with Crippen LogP contribution >= 0.6 is 0 Å². The zero-order valence-electron chi connectivity index (χ0n) is 18.3. The fraction of sp³-hybridized carbons (Fsp3) is 0.632. The van der Waals surface area contributed by atoms with E-state index in [1.165, 1.54) is 0 Å². The number of nitrogens with two attached hydrogens (primary N) is 2. The summed E-state index contributed by atoms with van der Waals surface area (Å²) in [5, 5.41) is 31.4. The van der Waals surface area contributed by atoms with Gasteiger partial charge in [0, 0.05) is 19.4 Å². The Kier molecular flexibility index (Phi) is 10.9. The molecule has 15 nitrogen and oxygen atoms in total. The van der Waals surface area contributed by atoms with Crippen molar-refractivity contribution in [1.82, 2.24) is 15.5 Å². The molecule has 0 radical (unpaired) electrons. The first-order chi connectivity index (χ1) is 15.8. The van der Waals surface area contributed by atoms with Crippen molar-refractivity contribution in [3.05, 3.63) is 0 Å². The van der Waals surface area contributed by atoms with Crippen LogP contribution in [0.2, 0.25) is 0 Å². The van der Waals surface area contributed by atoms with Gasteiger partial charge in [0.2, 0.25) is 23.6 Å². The Morgan fingerprint density at radius 3 is 1.97 bits per heavy atom. The summed E-state index contributed by atoms with van der Waals surface area (Å²) in [5.41, 5.74) is 10.8. The molecule has 0 spiro atoms. The first-order valence-electron chi connectivity index (χ1n) is 10.4. The molecule has 0 aromatic rings. The number of amides is 4. The minimum Gasteiger partial charge on any atom is -0.481 e. The SMILES string of the molecule is NC(=O)CC(NC(=O)C(CCC(=O)O)NC(=O)C(N)CCC(=O)O)C(=O)N1CCCC1C(=O)O. The molecule has 1 aliphatic rings. The van der Waals surface area contributed by atoms with Crippen LogP contribution in [0.5, 0.6) is 0 Å². The number of hydrogen-bond acceptors (Lipinski definition) is 8. The van der Waals surface area contributed by atoms with E-state index in [4.69, 9.17) is 21.7 Å². The monoisotopic (exact) mass is 487 g/mol. The number of hydrogen-bond donors (Lipinski definition) is 7. The van der Waals surface area contributed by atoms with Crippen molar-refractivity contribution in [2.24, 2.45) is 11.5 Å². The van der Waals surface area contributed by atoms with E-state index in [1.54, 1.807) is 0 Å². The van der Waals surface area contributed by atoms with Gasteiger partial charge in [-0.2, -0.15) is 0 Å². The highest BCUT2D eigenvalue weighted by Gasteiger charge is 2.39. The summed E-state index contributed by atoms with van der Waals surface area (Å²) in [6, 6.07) is -5.49. The molecular formula is C19H29N5O10. The molecular weight excluding hydrogens is 458 g/mol. The zero-order valence-corrected chi connectivity index (χ0v) is 18.3. The number of carbonyl (C=O) groups excluding carboxylic acids is 4. The van der Waals surface area contributed by atoms with Gasteiger partial charge >= 0.3 is 17.9 Å². The highest BCUT2D eigenvalue weighted by Crippen LogP contribution is 2.19. The van der Waals surface area contributed by atoms with Gasteiger partial charge in [-0.25, -0.2) is 4.79 Å². The number of primary amides is 1. The van der Waals surface area contributed by atoms with Gasteiger partial charge in [-0.3, -0.25) is 28.8 Å². The molecule has 1 rings (SSSR count). The molecule has 34 heavy (non-hydrogen) atoms. The first-order valence-corrected chi connectivity index (χ1v) is 10.4. The Balaban J connectivity index is 3.00. The van der Waals surface area contributed by atoms with Crippen LogP contribution < -0.4 is 22.1 Å². The number of nitrogens with zero attached hydrogens (tertiary/aromatic N) is 1. The molecule has 0 saturated carbocycles. The van der Waals surface area contributed by atoms with Gasteiger partial charge in [0.1, 0.15) is 18.1 Å². The van der Waals surface area contributed by atoms with Crippen LogP contribution in [0.4, 0.5) is 0 Å². The van der Waals surface area contributed by atoms with Crippen molar-refractivity contribution in [1.29, 1.82) is 0 Å². The number of aliphatic carboxylic acids is 3. The van der Waals surface area contributed by atoms with E-state index in [0.29, 0.717) is 6.42 Å². The van der Waals surface area contributed by atoms with Crippen LogP contribution in [0, 0.1) is 0 Å². The zero-order chi connectivity index (χ0) is 26.0. The molecule has 4 atom stereocenters. The van der Waals surface area contributed by atoms with Gasteiger partial charge < -0.3 is 42.3 Å². The fourth-order valence-corrected chi connectivity index (χ4v) is 3.39. The molecule has 1 aliphatic heterocycles. The van der Waals surface area contributed by atoms with E-state index in [2.05, 4.69) is 10.6 Å². The van der Waals surface area contributed by atoms with Gasteiger partial charge in [-0.15, -0.1) is 0 Å². The van der Waals surface area contributed by atoms with E-state index < -0.39 is 91.4 Å². The van der Waals surface area contributed by atoms with E-state index in [9.17, 15) is 38.7 Å². The third-order valence-corrected chi connectivity index (χ3v) is 5.13. The molecule has 1 fully saturated rings. The number of nitrogens with one attached hydrogen (secondary N) is 2. The normalized spacial score (nSPS) is 17.8. The highest BCUT2D eigenvalue weighted by molar-refractivity contribution is 5.96. The molecule has 0 aliphatic carbocycles. The van der Waals surface area contributed by atoms with Crippen LogP contribution in [0.1, 0.15) is 44.9 Å². The number of rotatable bonds is 14. The molecule has 4 amide bonds. The van der Waals surface area contributed by atoms with Gasteiger partial charge in [0.15, 0.2) is 0 Å². The second-order valence-electron chi connectivity index (χ2n) is 7.79. The number of carbonyl (C=O) groups is 7. The van der Waals surface area contributed by atoms with Crippen LogP contribution in [0.25, 0.3) is 0 Å². The van der Waals surface area contributed by atoms with Gasteiger partial charge in [0.05, 0.1) is 12.5 Å². The number of likely N-dealkylation sites (tertiary alicyclic amines) is 1. The Morgan fingerprint density at radius 1 is 0.882 bits per heavy atom. The van der Waals surface area contributed by atoms with Gasteiger partial charge in [0.25, 0.3) is 0 Å². The number of carboxylic acids is 3. The lowest BCUT2D eigenvalue weighted by Crippen LogP contribution is -2.57. The number of carboxylic acid groups (broad SMARTS) is 3. The van der Waals surface area contributed by atoms with E-state index >= 15 is 0 Å². The second kappa shape index (κ2) is 13.1. The van der Waals surface area contributed by atoms with E-state index in [1.807, 2.05) is 0 Å². The van der Waals surface area contributed by atoms with Gasteiger partial charge in [-0.05, 0) is 25.7 Å². The molecule has 1 saturated heterocycles. The summed E-state index contributed by atoms with van der Waals surface area (Å²) in [6.07, 6.45) is -1.71. The fourth-order valence-electron chi connectivity index (χ4n) is 3.39. The summed E-state index contributed by atoms with van der Waals surface area (Å²) in [7, 11) is 0. The van der Waals surface area contributed by atoms with E-state index in [-0.39, 0.29) is 19.4 Å². The van der Waals surface area contributed by atoms with Crippen LogP contribution in [0.15, 0.2) is 0 Å². The Labute approximate surface area is 193 Å². The molecule has 0 bridgehead atoms. The standard InChI is InChI=1S/C19H29N5O10/c20-9(3-5-14(26)27)16(30)22-10(4-6-15(28)29)17(31)23-11(8-13(21)25)18(32)24-7-1-2-12(24)19(33)34/h9-12H,1-8,20H2,(H2,21,25)(H,22,30)(H,23,31)(H,26,27)(H,28,29)(H,33,34). The average Bonchev–Trinajstić information content (AvgIpc) is 3.23. The first kappa shape index (κ1) is 28.3. The summed E-state index contributed by atoms with van der Waals surface area (Å²) in [6.45, 7) is 0.0819. The van der Waals surface area contributed by atoms with Crippen molar-refractivity contribution < 1.29 is 48.9 Å². The predicted octanol–water partition coefficient (Wildman–Crippen LogP) is -3.04. The Morgan fingerprint density at radius 2 is 1.44 bits per heavy atom. The minimum atomic E-state index is -1.55. The average molecular weight is 487 g/mol. The maximum atomic E-state index is 12.9. The van der Waals surface area contributed by atoms with Crippen molar-refractivity contribution in [2.45, 2.75) is 69.1 Å². The van der Waals surface area contributed by atoms with Crippen LogP contribution in [0.3, 0.4) is 0 Å². The predicted molar refractivity (Wildman–Crippen MR) is 112 cm³/mol. The molecule has 1 heterocycles. The maximum Gasteiger partial charge on any atom is 0.326 e. The maximum absolute atomic E-state index is 12.9. The minimum absolute atomic E-state index is 0.0819. The molecule has 0 aromatic heterocycles. The Hall–Kier alpha value is -3.75. The largest absolute Gasteiger partial charge is 0.481 e. The third kappa shape index (κ3) is 9.01. The molecule has 0 aromatic carbocycles. The van der Waals surface area contributed by atoms with E-state index in [0.717, 1.165) is 4.90 Å². The molecule has 15 heteroatoms. The second-order valence-corrected chi connectivity index (χ2v) is 7.79.